The zero-order chi connectivity index (χ0) is 26.8. The lowest BCUT2D eigenvalue weighted by Crippen LogP contribution is -2.47. The summed E-state index contributed by atoms with van der Waals surface area (Å²) in [5.74, 6) is -1.93. The first kappa shape index (κ1) is 27.6. The van der Waals surface area contributed by atoms with Gasteiger partial charge in [-0.1, -0.05) is 27.7 Å². The lowest BCUT2D eigenvalue weighted by molar-refractivity contribution is -0.293. The fraction of sp³-hybridized carbons (Fsp3) is 0.667. The Morgan fingerprint density at radius 3 is 2.61 bits per heavy atom. The molecule has 0 radical (unpaired) electrons. The van der Waals surface area contributed by atoms with Crippen LogP contribution in [0.15, 0.2) is 11.1 Å². The molecule has 0 bridgehead atoms. The average molecular weight is 517 g/mol. The number of aromatic nitrogens is 4. The highest BCUT2D eigenvalue weighted by Crippen LogP contribution is 2.36. The van der Waals surface area contributed by atoms with Crippen LogP contribution in [-0.4, -0.2) is 76.1 Å². The molecule has 3 rings (SSSR count). The molecule has 2 aromatic rings. The highest BCUT2D eigenvalue weighted by Gasteiger charge is 2.50. The van der Waals surface area contributed by atoms with E-state index >= 15 is 0 Å². The summed E-state index contributed by atoms with van der Waals surface area (Å²) in [7, 11) is 1.08. The minimum Gasteiger partial charge on any atom is -0.463 e. The summed E-state index contributed by atoms with van der Waals surface area (Å²) in [4.78, 5) is 47.1. The molecule has 36 heavy (non-hydrogen) atoms. The molecule has 1 aliphatic heterocycles. The lowest BCUT2D eigenvalue weighted by atomic mass is 10.1. The first-order valence-corrected chi connectivity index (χ1v) is 11.2. The number of aromatic amines is 1. The summed E-state index contributed by atoms with van der Waals surface area (Å²) in [5, 5.41) is 2.47. The fourth-order valence-electron chi connectivity index (χ4n) is 3.42. The van der Waals surface area contributed by atoms with Crippen LogP contribution in [0.2, 0.25) is 0 Å². The molecule has 0 aromatic carbocycles. The highest BCUT2D eigenvalue weighted by molar-refractivity contribution is 5.91. The number of nitrogens with zero attached hydrogens (tertiary/aromatic N) is 3. The van der Waals surface area contributed by atoms with Crippen molar-refractivity contribution in [2.45, 2.75) is 58.3 Å². The molecule has 3 heterocycles. The second-order valence-electron chi connectivity index (χ2n) is 8.96. The number of methoxy groups -OCH3 is 1. The molecule has 15 heteroatoms. The minimum atomic E-state index is -3.74. The van der Waals surface area contributed by atoms with Crippen LogP contribution < -0.4 is 16.6 Å². The van der Waals surface area contributed by atoms with Gasteiger partial charge in [0, 0.05) is 13.0 Å². The summed E-state index contributed by atoms with van der Waals surface area (Å²) < 4.78 is 50.6. The smallest absolute Gasteiger partial charge is 0.379 e. The van der Waals surface area contributed by atoms with Crippen LogP contribution in [0.3, 0.4) is 0 Å². The molecule has 1 aliphatic rings. The monoisotopic (exact) mass is 516 g/mol. The zero-order valence-electron chi connectivity index (χ0n) is 20.5. The third-order valence-electron chi connectivity index (χ3n) is 5.36. The molecular formula is C21H30F2N6O7. The van der Waals surface area contributed by atoms with Crippen LogP contribution in [0.5, 0.6) is 0 Å². The van der Waals surface area contributed by atoms with Gasteiger partial charge in [-0.05, 0) is 0 Å². The minimum absolute atomic E-state index is 0.0708. The number of carbonyl (C=O) groups excluding carboxylic acids is 2. The van der Waals surface area contributed by atoms with Crippen LogP contribution in [0.4, 0.5) is 14.7 Å². The summed E-state index contributed by atoms with van der Waals surface area (Å²) in [6.07, 6.45) is -6.42. The van der Waals surface area contributed by atoms with Crippen LogP contribution >= 0.6 is 0 Å². The SMILES string of the molecule is COCC(F)(F)O[C@@H]1[C@H](N)[C@@H](COC(=O)C(C)C)O[C@H]1n1cnc2c(=O)[nH]c(NC(=O)C(C)C)nc21. The van der Waals surface area contributed by atoms with Gasteiger partial charge in [0.15, 0.2) is 17.4 Å². The van der Waals surface area contributed by atoms with Crippen molar-refractivity contribution < 1.29 is 37.3 Å². The topological polar surface area (TPSA) is 173 Å². The van der Waals surface area contributed by atoms with E-state index < -0.39 is 66.5 Å². The highest BCUT2D eigenvalue weighted by atomic mass is 19.3. The largest absolute Gasteiger partial charge is 0.463 e. The molecule has 4 N–H and O–H groups in total. The number of ether oxygens (including phenoxy) is 4. The van der Waals surface area contributed by atoms with Crippen molar-refractivity contribution in [3.8, 4) is 0 Å². The molecule has 0 saturated carbocycles. The number of H-pyrrole nitrogens is 1. The van der Waals surface area contributed by atoms with E-state index in [2.05, 4.69) is 25.0 Å². The Bertz CT molecular complexity index is 1150. The van der Waals surface area contributed by atoms with E-state index in [1.54, 1.807) is 27.7 Å². The average Bonchev–Trinajstić information content (AvgIpc) is 3.33. The summed E-state index contributed by atoms with van der Waals surface area (Å²) in [5.41, 5.74) is 5.31. The van der Waals surface area contributed by atoms with Gasteiger partial charge in [-0.2, -0.15) is 13.8 Å². The second-order valence-corrected chi connectivity index (χ2v) is 8.96. The van der Waals surface area contributed by atoms with Gasteiger partial charge in [0.25, 0.3) is 5.56 Å². The molecule has 200 valence electrons. The molecule has 0 aliphatic carbocycles. The van der Waals surface area contributed by atoms with Crippen molar-refractivity contribution in [1.82, 2.24) is 19.5 Å². The van der Waals surface area contributed by atoms with Crippen molar-refractivity contribution in [1.29, 1.82) is 0 Å². The number of imidazole rings is 1. The number of amides is 1. The third kappa shape index (κ3) is 6.03. The Kier molecular flexibility index (Phi) is 8.38. The number of nitrogens with two attached hydrogens (primary N) is 1. The maximum Gasteiger partial charge on any atom is 0.379 e. The van der Waals surface area contributed by atoms with Crippen LogP contribution in [0, 0.1) is 11.8 Å². The summed E-state index contributed by atoms with van der Waals surface area (Å²) in [6, 6.07) is -1.17. The van der Waals surface area contributed by atoms with Crippen molar-refractivity contribution in [2.24, 2.45) is 17.6 Å². The number of halogens is 2. The normalized spacial score (nSPS) is 22.5. The second kappa shape index (κ2) is 10.9. The summed E-state index contributed by atoms with van der Waals surface area (Å²) >= 11 is 0. The van der Waals surface area contributed by atoms with E-state index in [1.807, 2.05) is 0 Å². The molecule has 13 nitrogen and oxygen atoms in total. The van der Waals surface area contributed by atoms with Crippen molar-refractivity contribution in [2.75, 3.05) is 25.6 Å². The first-order chi connectivity index (χ1) is 16.8. The quantitative estimate of drug-likeness (QED) is 0.383. The van der Waals surface area contributed by atoms with Gasteiger partial charge in [-0.15, -0.1) is 0 Å². The molecular weight excluding hydrogens is 486 g/mol. The van der Waals surface area contributed by atoms with Crippen molar-refractivity contribution in [3.05, 3.63) is 16.7 Å². The van der Waals surface area contributed by atoms with Gasteiger partial charge in [-0.3, -0.25) is 29.3 Å². The standard InChI is InChI=1S/C21H30F2N6O7/c1-9(2)16(30)27-20-26-15-13(17(31)28-20)25-8-29(15)18-14(36-21(22,23)7-33-5)12(24)11(35-18)6-34-19(32)10(3)4/h8-12,14,18H,6-7,24H2,1-5H3,(H2,26,27,28,30,31)/t11-,12-,14-,18-/m1/s1. The van der Waals surface area contributed by atoms with Gasteiger partial charge >= 0.3 is 12.1 Å². The Morgan fingerprint density at radius 1 is 1.31 bits per heavy atom. The van der Waals surface area contributed by atoms with E-state index in [0.717, 1.165) is 13.4 Å². The van der Waals surface area contributed by atoms with Gasteiger partial charge in [-0.25, -0.2) is 4.98 Å². The Balaban J connectivity index is 1.99. The number of esters is 1. The maximum absolute atomic E-state index is 14.4. The zero-order valence-corrected chi connectivity index (χ0v) is 20.5. The third-order valence-corrected chi connectivity index (χ3v) is 5.36. The van der Waals surface area contributed by atoms with Crippen molar-refractivity contribution in [3.63, 3.8) is 0 Å². The summed E-state index contributed by atoms with van der Waals surface area (Å²) in [6.45, 7) is 5.20. The number of alkyl halides is 2. The molecule has 4 atom stereocenters. The maximum atomic E-state index is 14.4. The van der Waals surface area contributed by atoms with Gasteiger partial charge in [0.1, 0.15) is 25.4 Å². The number of carbonyl (C=O) groups is 2. The molecule has 1 saturated heterocycles. The van der Waals surface area contributed by atoms with Crippen LogP contribution in [0.1, 0.15) is 33.9 Å². The molecule has 1 fully saturated rings. The fourth-order valence-corrected chi connectivity index (χ4v) is 3.42. The number of anilines is 1. The predicted octanol–water partition coefficient (Wildman–Crippen LogP) is 0.762. The number of fused-ring (bicyclic) bond motifs is 1. The lowest BCUT2D eigenvalue weighted by Gasteiger charge is -2.27. The first-order valence-electron chi connectivity index (χ1n) is 11.2. The Labute approximate surface area is 204 Å². The Hall–Kier alpha value is -3.01. The van der Waals surface area contributed by atoms with Gasteiger partial charge in [0.05, 0.1) is 18.3 Å². The molecule has 0 spiro atoms. The van der Waals surface area contributed by atoms with Gasteiger partial charge < -0.3 is 24.7 Å². The molecule has 2 aromatic heterocycles. The van der Waals surface area contributed by atoms with E-state index in [4.69, 9.17) is 19.9 Å². The van der Waals surface area contributed by atoms with E-state index in [0.29, 0.717) is 0 Å². The van der Waals surface area contributed by atoms with Crippen LogP contribution in [-0.2, 0) is 28.5 Å². The van der Waals surface area contributed by atoms with Crippen LogP contribution in [0.25, 0.3) is 11.2 Å². The predicted molar refractivity (Wildman–Crippen MR) is 121 cm³/mol. The van der Waals surface area contributed by atoms with E-state index in [1.165, 1.54) is 4.57 Å². The van der Waals surface area contributed by atoms with E-state index in [9.17, 15) is 23.2 Å². The molecule has 1 amide bonds. The molecule has 0 unspecified atom stereocenters. The van der Waals surface area contributed by atoms with Crippen molar-refractivity contribution >= 4 is 29.0 Å². The van der Waals surface area contributed by atoms with Gasteiger partial charge in [0.2, 0.25) is 11.9 Å². The number of nitrogens with one attached hydrogen (secondary N) is 2. The number of hydrogen-bond donors (Lipinski definition) is 3. The number of hydrogen-bond acceptors (Lipinski definition) is 10. The van der Waals surface area contributed by atoms with E-state index in [-0.39, 0.29) is 23.7 Å². The number of rotatable bonds is 10. The Morgan fingerprint density at radius 2 is 2.00 bits per heavy atom.